The van der Waals surface area contributed by atoms with Gasteiger partial charge in [0.15, 0.2) is 0 Å². The Balaban J connectivity index is 2.02. The van der Waals surface area contributed by atoms with E-state index in [9.17, 15) is 13.2 Å². The van der Waals surface area contributed by atoms with Gasteiger partial charge in [-0.15, -0.1) is 0 Å². The van der Waals surface area contributed by atoms with Gasteiger partial charge in [0.25, 0.3) is 15.9 Å². The molecular weight excluding hydrogens is 456 g/mol. The lowest BCUT2D eigenvalue weighted by Crippen LogP contribution is -2.42. The van der Waals surface area contributed by atoms with Gasteiger partial charge in [-0.3, -0.25) is 9.80 Å². The van der Waals surface area contributed by atoms with E-state index in [2.05, 4.69) is 41.1 Å². The zero-order valence-corrected chi connectivity index (χ0v) is 21.7. The van der Waals surface area contributed by atoms with Crippen LogP contribution in [-0.2, 0) is 14.8 Å². The van der Waals surface area contributed by atoms with E-state index in [1.165, 1.54) is 6.20 Å². The molecule has 1 fully saturated rings. The van der Waals surface area contributed by atoms with Crippen molar-refractivity contribution in [2.24, 2.45) is 11.8 Å². The minimum atomic E-state index is -4.05. The van der Waals surface area contributed by atoms with Crippen molar-refractivity contribution < 1.29 is 17.9 Å². The van der Waals surface area contributed by atoms with E-state index in [1.807, 2.05) is 6.08 Å². The molecule has 3 N–H and O–H groups in total. The molecule has 0 aliphatic carbocycles. The molecule has 2 aliphatic rings. The molecule has 2 aliphatic heterocycles. The number of nitrogens with one attached hydrogen (secondary N) is 3. The number of methoxy groups -OCH3 is 1. The molecule has 1 amide bonds. The van der Waals surface area contributed by atoms with Crippen LogP contribution < -0.4 is 25.4 Å². The summed E-state index contributed by atoms with van der Waals surface area (Å²) in [7, 11) is -0.830. The standard InChI is InChI=1S/C23H36N6O4S/c1-15(2)18(13-24-6)34(31,32)27-22(30)17-8-9-19(29-11-10-20(26-29)33-7)25-21(17)28-14-16(3)12-23(28,4)5/h8-11,13,15-16,20,24,26H,12,14H2,1-7H3,(H,27,30)/b18-13+/t16-,20?/m0/s1. The highest BCUT2D eigenvalue weighted by Crippen LogP contribution is 2.38. The van der Waals surface area contributed by atoms with Crippen molar-refractivity contribution in [3.8, 4) is 0 Å². The summed E-state index contributed by atoms with van der Waals surface area (Å²) in [6.45, 7) is 10.6. The first kappa shape index (κ1) is 26.0. The average molecular weight is 493 g/mol. The van der Waals surface area contributed by atoms with Crippen LogP contribution in [0.15, 0.2) is 35.5 Å². The number of allylic oxidation sites excluding steroid dienone is 1. The van der Waals surface area contributed by atoms with Crippen LogP contribution in [0.1, 0.15) is 51.4 Å². The summed E-state index contributed by atoms with van der Waals surface area (Å²) in [6, 6.07) is 3.30. The summed E-state index contributed by atoms with van der Waals surface area (Å²) in [5, 5.41) is 4.46. The van der Waals surface area contributed by atoms with Gasteiger partial charge in [-0.05, 0) is 50.3 Å². The molecule has 0 aromatic carbocycles. The highest BCUT2D eigenvalue weighted by molar-refractivity contribution is 7.93. The normalized spacial score (nSPS) is 22.5. The largest absolute Gasteiger partial charge is 0.393 e. The van der Waals surface area contributed by atoms with Crippen molar-refractivity contribution in [3.63, 3.8) is 0 Å². The molecular formula is C23H36N6O4S. The number of anilines is 2. The number of carbonyl (C=O) groups is 1. The van der Waals surface area contributed by atoms with E-state index >= 15 is 0 Å². The highest BCUT2D eigenvalue weighted by Gasteiger charge is 2.39. The molecule has 34 heavy (non-hydrogen) atoms. The van der Waals surface area contributed by atoms with Gasteiger partial charge in [-0.2, -0.15) is 5.43 Å². The number of sulfonamides is 1. The van der Waals surface area contributed by atoms with Crippen molar-refractivity contribution in [2.75, 3.05) is 30.6 Å². The number of ether oxygens (including phenoxy) is 1. The monoisotopic (exact) mass is 492 g/mol. The Morgan fingerprint density at radius 3 is 2.59 bits per heavy atom. The third-order valence-corrected chi connectivity index (χ3v) is 7.67. The molecule has 2 atom stereocenters. The fourth-order valence-electron chi connectivity index (χ4n) is 4.51. The van der Waals surface area contributed by atoms with Gasteiger partial charge in [0.2, 0.25) is 0 Å². The number of pyridine rings is 1. The van der Waals surface area contributed by atoms with Gasteiger partial charge in [-0.25, -0.2) is 18.1 Å². The third kappa shape index (κ3) is 5.37. The molecule has 3 heterocycles. The summed E-state index contributed by atoms with van der Waals surface area (Å²) in [6.07, 6.45) is 5.69. The van der Waals surface area contributed by atoms with E-state index in [-0.39, 0.29) is 28.2 Å². The van der Waals surface area contributed by atoms with Crippen LogP contribution in [0.2, 0.25) is 0 Å². The molecule has 3 rings (SSSR count). The third-order valence-electron chi connectivity index (χ3n) is 6.00. The van der Waals surface area contributed by atoms with E-state index in [4.69, 9.17) is 9.72 Å². The van der Waals surface area contributed by atoms with E-state index < -0.39 is 15.9 Å². The lowest BCUT2D eigenvalue weighted by molar-refractivity contribution is 0.0981. The smallest absolute Gasteiger partial charge is 0.268 e. The van der Waals surface area contributed by atoms with Crippen LogP contribution >= 0.6 is 0 Å². The molecule has 1 aromatic heterocycles. The van der Waals surface area contributed by atoms with Crippen molar-refractivity contribution in [1.29, 1.82) is 0 Å². The first-order chi connectivity index (χ1) is 15.9. The number of hydrogen-bond donors (Lipinski definition) is 3. The molecule has 0 spiro atoms. The van der Waals surface area contributed by atoms with Crippen LogP contribution in [-0.4, -0.2) is 51.8 Å². The summed E-state index contributed by atoms with van der Waals surface area (Å²) in [5.74, 6) is 0.385. The maximum atomic E-state index is 13.3. The first-order valence-electron chi connectivity index (χ1n) is 11.4. The second-order valence-electron chi connectivity index (χ2n) is 9.69. The SMILES string of the molecule is CN/C=C(\C(C)C)S(=O)(=O)NC(=O)c1ccc(N2C=CC(OC)N2)nc1N1C[C@@H](C)CC1(C)C. The summed E-state index contributed by atoms with van der Waals surface area (Å²) in [4.78, 5) is 20.3. The quantitative estimate of drug-likeness (QED) is 0.503. The topological polar surface area (TPSA) is 116 Å². The molecule has 11 heteroatoms. The van der Waals surface area contributed by atoms with Crippen molar-refractivity contribution >= 4 is 27.6 Å². The van der Waals surface area contributed by atoms with Crippen molar-refractivity contribution in [2.45, 2.75) is 52.8 Å². The Morgan fingerprint density at radius 2 is 2.06 bits per heavy atom. The van der Waals surface area contributed by atoms with Crippen LogP contribution in [0.3, 0.4) is 0 Å². The minimum absolute atomic E-state index is 0.0987. The Kier molecular flexibility index (Phi) is 7.59. The molecule has 1 saturated heterocycles. The zero-order chi connectivity index (χ0) is 25.3. The number of carbonyl (C=O) groups excluding carboxylic acids is 1. The summed E-state index contributed by atoms with van der Waals surface area (Å²) < 4.78 is 33.5. The second-order valence-corrected chi connectivity index (χ2v) is 11.4. The lowest BCUT2D eigenvalue weighted by atomic mass is 9.97. The van der Waals surface area contributed by atoms with Crippen LogP contribution in [0.5, 0.6) is 0 Å². The van der Waals surface area contributed by atoms with Gasteiger partial charge in [0, 0.05) is 38.6 Å². The minimum Gasteiger partial charge on any atom is -0.393 e. The van der Waals surface area contributed by atoms with Gasteiger partial charge in [-0.1, -0.05) is 20.8 Å². The fraction of sp³-hybridized carbons (Fsp3) is 0.565. The number of rotatable bonds is 8. The summed E-state index contributed by atoms with van der Waals surface area (Å²) >= 11 is 0. The van der Waals surface area contributed by atoms with Crippen LogP contribution in [0.25, 0.3) is 0 Å². The van der Waals surface area contributed by atoms with Gasteiger partial charge in [0.1, 0.15) is 17.9 Å². The lowest BCUT2D eigenvalue weighted by Gasteiger charge is -2.34. The molecule has 10 nitrogen and oxygen atoms in total. The average Bonchev–Trinajstić information content (AvgIpc) is 3.33. The molecule has 0 radical (unpaired) electrons. The number of aromatic nitrogens is 1. The van der Waals surface area contributed by atoms with Gasteiger partial charge >= 0.3 is 0 Å². The fourth-order valence-corrected chi connectivity index (χ4v) is 5.87. The number of hydrazine groups is 1. The predicted octanol–water partition coefficient (Wildman–Crippen LogP) is 2.29. The predicted molar refractivity (Wildman–Crippen MR) is 133 cm³/mol. The number of amides is 1. The van der Waals surface area contributed by atoms with E-state index in [0.717, 1.165) is 6.42 Å². The molecule has 0 bridgehead atoms. The van der Waals surface area contributed by atoms with Gasteiger partial charge in [0.05, 0.1) is 10.5 Å². The second kappa shape index (κ2) is 9.93. The number of nitrogens with zero attached hydrogens (tertiary/aromatic N) is 3. The maximum absolute atomic E-state index is 13.3. The number of hydrogen-bond acceptors (Lipinski definition) is 9. The Labute approximate surface area is 202 Å². The van der Waals surface area contributed by atoms with Crippen LogP contribution in [0.4, 0.5) is 11.6 Å². The Bertz CT molecular complexity index is 1080. The van der Waals surface area contributed by atoms with E-state index in [0.29, 0.717) is 24.1 Å². The van der Waals surface area contributed by atoms with Crippen LogP contribution in [0, 0.1) is 11.8 Å². The Morgan fingerprint density at radius 1 is 1.35 bits per heavy atom. The molecule has 0 saturated carbocycles. The zero-order valence-electron chi connectivity index (χ0n) is 20.9. The van der Waals surface area contributed by atoms with Crippen molar-refractivity contribution in [1.82, 2.24) is 20.4 Å². The highest BCUT2D eigenvalue weighted by atomic mass is 32.2. The van der Waals surface area contributed by atoms with Gasteiger partial charge < -0.3 is 15.0 Å². The molecule has 1 aromatic rings. The first-order valence-corrected chi connectivity index (χ1v) is 12.9. The Hall–Kier alpha value is -2.63. The molecule has 1 unspecified atom stereocenters. The van der Waals surface area contributed by atoms with Crippen molar-refractivity contribution in [3.05, 3.63) is 41.1 Å². The molecule has 188 valence electrons. The summed E-state index contributed by atoms with van der Waals surface area (Å²) in [5.41, 5.74) is 3.09. The maximum Gasteiger partial charge on any atom is 0.268 e. The van der Waals surface area contributed by atoms with E-state index in [1.54, 1.807) is 51.3 Å².